The Labute approximate surface area is 165 Å². The van der Waals surface area contributed by atoms with Gasteiger partial charge >= 0.3 is 0 Å². The van der Waals surface area contributed by atoms with Crippen LogP contribution in [0.5, 0.6) is 0 Å². The van der Waals surface area contributed by atoms with Crippen LogP contribution in [0.2, 0.25) is 0 Å². The monoisotopic (exact) mass is 409 g/mol. The molecule has 8 nitrogen and oxygen atoms in total. The van der Waals surface area contributed by atoms with Crippen molar-refractivity contribution in [1.29, 1.82) is 0 Å². The highest BCUT2D eigenvalue weighted by molar-refractivity contribution is 7.92. The summed E-state index contributed by atoms with van der Waals surface area (Å²) in [5.74, 6) is -0.328. The zero-order chi connectivity index (χ0) is 20.4. The standard InChI is InChI=1S/C20H15N3O5S/c24-19(22-25)14-8-11-18-17(12-14)21-20(28-18)13-6-9-15(10-7-13)23-29(26,27)16-4-2-1-3-5-16/h1-12,23,25H,(H,22,24). The van der Waals surface area contributed by atoms with Crippen LogP contribution in [0, 0.1) is 0 Å². The van der Waals surface area contributed by atoms with E-state index in [4.69, 9.17) is 9.62 Å². The number of fused-ring (bicyclic) bond motifs is 1. The van der Waals surface area contributed by atoms with Crippen molar-refractivity contribution >= 4 is 32.7 Å². The first kappa shape index (κ1) is 18.7. The Bertz CT molecular complexity index is 1280. The zero-order valence-electron chi connectivity index (χ0n) is 14.9. The van der Waals surface area contributed by atoms with E-state index in [1.807, 2.05) is 0 Å². The fraction of sp³-hybridized carbons (Fsp3) is 0. The minimum absolute atomic E-state index is 0.172. The maximum Gasteiger partial charge on any atom is 0.274 e. The fourth-order valence-electron chi connectivity index (χ4n) is 2.75. The number of aromatic nitrogens is 1. The fourth-order valence-corrected chi connectivity index (χ4v) is 3.83. The molecule has 0 spiro atoms. The molecule has 1 aromatic heterocycles. The molecule has 0 fully saturated rings. The number of amides is 1. The van der Waals surface area contributed by atoms with Crippen molar-refractivity contribution in [2.24, 2.45) is 0 Å². The summed E-state index contributed by atoms with van der Waals surface area (Å²) < 4.78 is 33.0. The van der Waals surface area contributed by atoms with Crippen molar-refractivity contribution in [3.8, 4) is 11.5 Å². The average molecular weight is 409 g/mol. The summed E-state index contributed by atoms with van der Waals surface area (Å²) in [6.45, 7) is 0. The van der Waals surface area contributed by atoms with E-state index in [9.17, 15) is 13.2 Å². The summed E-state index contributed by atoms with van der Waals surface area (Å²) in [4.78, 5) is 16.0. The number of carbonyl (C=O) groups excluding carboxylic acids is 1. The first-order valence-electron chi connectivity index (χ1n) is 8.49. The van der Waals surface area contributed by atoms with Gasteiger partial charge in [-0.05, 0) is 54.6 Å². The molecule has 0 saturated heterocycles. The lowest BCUT2D eigenvalue weighted by molar-refractivity contribution is 0.0706. The van der Waals surface area contributed by atoms with Crippen molar-refractivity contribution in [1.82, 2.24) is 10.5 Å². The van der Waals surface area contributed by atoms with Crippen LogP contribution in [0.4, 0.5) is 5.69 Å². The Balaban J connectivity index is 1.58. The summed E-state index contributed by atoms with van der Waals surface area (Å²) in [6.07, 6.45) is 0. The largest absolute Gasteiger partial charge is 0.436 e. The quantitative estimate of drug-likeness (QED) is 0.343. The van der Waals surface area contributed by atoms with Crippen LogP contribution in [0.3, 0.4) is 0 Å². The van der Waals surface area contributed by atoms with Crippen LogP contribution in [-0.2, 0) is 10.0 Å². The Morgan fingerprint density at radius 1 is 0.966 bits per heavy atom. The molecule has 0 bridgehead atoms. The van der Waals surface area contributed by atoms with Gasteiger partial charge in [0.05, 0.1) is 4.90 Å². The van der Waals surface area contributed by atoms with E-state index in [1.165, 1.54) is 24.3 Å². The first-order chi connectivity index (χ1) is 14.0. The summed E-state index contributed by atoms with van der Waals surface area (Å²) in [5, 5.41) is 8.73. The van der Waals surface area contributed by atoms with Crippen LogP contribution in [0.15, 0.2) is 82.1 Å². The Kier molecular flexibility index (Phi) is 4.75. The number of oxazole rings is 1. The number of rotatable bonds is 5. The molecule has 146 valence electrons. The lowest BCUT2D eigenvalue weighted by Gasteiger charge is -2.08. The van der Waals surface area contributed by atoms with E-state index in [1.54, 1.807) is 54.0 Å². The normalized spacial score (nSPS) is 11.3. The third kappa shape index (κ3) is 3.82. The molecule has 1 heterocycles. The van der Waals surface area contributed by atoms with E-state index in [2.05, 4.69) is 9.71 Å². The van der Waals surface area contributed by atoms with Crippen molar-refractivity contribution in [3.05, 3.63) is 78.4 Å². The second-order valence-corrected chi connectivity index (χ2v) is 7.82. The second kappa shape index (κ2) is 7.38. The molecule has 0 aliphatic heterocycles. The number of hydroxylamine groups is 1. The number of anilines is 1. The number of hydrogen-bond acceptors (Lipinski definition) is 6. The van der Waals surface area contributed by atoms with Crippen LogP contribution in [0.1, 0.15) is 10.4 Å². The summed E-state index contributed by atoms with van der Waals surface area (Å²) in [7, 11) is -3.67. The van der Waals surface area contributed by atoms with Crippen molar-refractivity contribution in [2.45, 2.75) is 4.90 Å². The smallest absolute Gasteiger partial charge is 0.274 e. The highest BCUT2D eigenvalue weighted by atomic mass is 32.2. The molecule has 0 atom stereocenters. The number of nitrogens with one attached hydrogen (secondary N) is 2. The molecule has 0 saturated carbocycles. The molecule has 29 heavy (non-hydrogen) atoms. The van der Waals surface area contributed by atoms with Gasteiger partial charge in [0.25, 0.3) is 15.9 Å². The molecule has 0 radical (unpaired) electrons. The predicted octanol–water partition coefficient (Wildman–Crippen LogP) is 3.41. The van der Waals surface area contributed by atoms with Gasteiger partial charge in [0, 0.05) is 16.8 Å². The Hall–Kier alpha value is -3.69. The van der Waals surface area contributed by atoms with Gasteiger partial charge in [0.2, 0.25) is 5.89 Å². The van der Waals surface area contributed by atoms with Gasteiger partial charge in [-0.3, -0.25) is 14.7 Å². The molecule has 9 heteroatoms. The summed E-state index contributed by atoms with van der Waals surface area (Å²) >= 11 is 0. The van der Waals surface area contributed by atoms with Crippen LogP contribution in [0.25, 0.3) is 22.6 Å². The van der Waals surface area contributed by atoms with Crippen molar-refractivity contribution in [2.75, 3.05) is 4.72 Å². The van der Waals surface area contributed by atoms with E-state index >= 15 is 0 Å². The molecule has 0 aliphatic carbocycles. The molecule has 1 amide bonds. The van der Waals surface area contributed by atoms with Gasteiger partial charge in [-0.1, -0.05) is 18.2 Å². The Morgan fingerprint density at radius 3 is 2.38 bits per heavy atom. The van der Waals surface area contributed by atoms with E-state index in [0.29, 0.717) is 28.2 Å². The summed E-state index contributed by atoms with van der Waals surface area (Å²) in [6, 6.07) is 19.2. The van der Waals surface area contributed by atoms with E-state index in [-0.39, 0.29) is 10.5 Å². The zero-order valence-corrected chi connectivity index (χ0v) is 15.7. The maximum absolute atomic E-state index is 12.4. The molecular weight excluding hydrogens is 394 g/mol. The SMILES string of the molecule is O=C(NO)c1ccc2oc(-c3ccc(NS(=O)(=O)c4ccccc4)cc3)nc2c1. The molecule has 3 N–H and O–H groups in total. The molecule has 4 aromatic rings. The molecule has 0 unspecified atom stereocenters. The van der Waals surface area contributed by atoms with Gasteiger partial charge in [0.1, 0.15) is 5.52 Å². The highest BCUT2D eigenvalue weighted by Gasteiger charge is 2.15. The van der Waals surface area contributed by atoms with Gasteiger partial charge in [-0.15, -0.1) is 0 Å². The van der Waals surface area contributed by atoms with Crippen LogP contribution < -0.4 is 10.2 Å². The topological polar surface area (TPSA) is 122 Å². The van der Waals surface area contributed by atoms with E-state index in [0.717, 1.165) is 0 Å². The maximum atomic E-state index is 12.4. The first-order valence-corrected chi connectivity index (χ1v) is 9.98. The molecule has 0 aliphatic rings. The molecule has 4 rings (SSSR count). The third-order valence-electron chi connectivity index (χ3n) is 4.19. The number of hydrogen-bond donors (Lipinski definition) is 3. The van der Waals surface area contributed by atoms with Crippen molar-refractivity contribution < 1.29 is 22.8 Å². The second-order valence-electron chi connectivity index (χ2n) is 6.14. The minimum Gasteiger partial charge on any atom is -0.436 e. The summed E-state index contributed by atoms with van der Waals surface area (Å²) in [5.41, 5.74) is 3.77. The number of nitrogens with zero attached hydrogens (tertiary/aromatic N) is 1. The van der Waals surface area contributed by atoms with E-state index < -0.39 is 15.9 Å². The Morgan fingerprint density at radius 2 is 1.69 bits per heavy atom. The number of benzene rings is 3. The minimum atomic E-state index is -3.67. The van der Waals surface area contributed by atoms with Gasteiger partial charge in [-0.25, -0.2) is 18.9 Å². The molecular formula is C20H15N3O5S. The number of carbonyl (C=O) groups is 1. The highest BCUT2D eigenvalue weighted by Crippen LogP contribution is 2.26. The lowest BCUT2D eigenvalue weighted by Crippen LogP contribution is -2.18. The van der Waals surface area contributed by atoms with Crippen molar-refractivity contribution in [3.63, 3.8) is 0 Å². The van der Waals surface area contributed by atoms with Crippen LogP contribution in [-0.4, -0.2) is 24.5 Å². The lowest BCUT2D eigenvalue weighted by atomic mass is 10.2. The number of sulfonamides is 1. The molecule has 3 aromatic carbocycles. The van der Waals surface area contributed by atoms with Gasteiger partial charge in [-0.2, -0.15) is 0 Å². The van der Waals surface area contributed by atoms with Crippen LogP contribution >= 0.6 is 0 Å². The average Bonchev–Trinajstić information content (AvgIpc) is 3.17. The van der Waals surface area contributed by atoms with Gasteiger partial charge < -0.3 is 4.42 Å². The van der Waals surface area contributed by atoms with Gasteiger partial charge in [0.15, 0.2) is 5.58 Å². The predicted molar refractivity (Wildman–Crippen MR) is 106 cm³/mol. The third-order valence-corrected chi connectivity index (χ3v) is 5.59.